The predicted octanol–water partition coefficient (Wildman–Crippen LogP) is 3.39. The second-order valence-corrected chi connectivity index (χ2v) is 8.64. The number of aryl methyl sites for hydroxylation is 5. The lowest BCUT2D eigenvalue weighted by Gasteiger charge is -2.35. The summed E-state index contributed by atoms with van der Waals surface area (Å²) in [5.74, 6) is 1.85. The van der Waals surface area contributed by atoms with Gasteiger partial charge in [-0.1, -0.05) is 17.7 Å². The molecule has 0 aliphatic carbocycles. The summed E-state index contributed by atoms with van der Waals surface area (Å²) in [7, 11) is 0. The minimum atomic E-state index is 0.216. The summed E-state index contributed by atoms with van der Waals surface area (Å²) in [6.45, 7) is 17.6. The molecule has 6 heteroatoms. The first kappa shape index (κ1) is 20.8. The lowest BCUT2D eigenvalue weighted by Crippen LogP contribution is -2.47. The van der Waals surface area contributed by atoms with Crippen LogP contribution in [0.3, 0.4) is 0 Å². The Kier molecular flexibility index (Phi) is 5.55. The number of benzene rings is 1. The highest BCUT2D eigenvalue weighted by atomic mass is 16.3. The molecular formula is C24H33N5O. The monoisotopic (exact) mass is 407 g/mol. The van der Waals surface area contributed by atoms with E-state index >= 15 is 0 Å². The lowest BCUT2D eigenvalue weighted by atomic mass is 10.0. The first-order chi connectivity index (χ1) is 14.3. The van der Waals surface area contributed by atoms with Crippen LogP contribution in [0.4, 0.5) is 5.82 Å². The molecule has 30 heavy (non-hydrogen) atoms. The number of anilines is 1. The summed E-state index contributed by atoms with van der Waals surface area (Å²) < 4.78 is 2.33. The number of nitrogens with zero attached hydrogens (tertiary/aromatic N) is 5. The summed E-state index contributed by atoms with van der Waals surface area (Å²) in [6.07, 6.45) is 0. The van der Waals surface area contributed by atoms with E-state index in [4.69, 9.17) is 9.97 Å². The number of aliphatic hydroxyl groups is 1. The number of piperazine rings is 1. The summed E-state index contributed by atoms with van der Waals surface area (Å²) in [5, 5.41) is 10.4. The van der Waals surface area contributed by atoms with Crippen molar-refractivity contribution in [1.29, 1.82) is 0 Å². The van der Waals surface area contributed by atoms with Crippen LogP contribution in [0.25, 0.3) is 16.7 Å². The highest BCUT2D eigenvalue weighted by Crippen LogP contribution is 2.36. The van der Waals surface area contributed by atoms with E-state index in [9.17, 15) is 5.11 Å². The molecular weight excluding hydrogens is 374 g/mol. The van der Waals surface area contributed by atoms with Gasteiger partial charge >= 0.3 is 0 Å². The van der Waals surface area contributed by atoms with Crippen molar-refractivity contribution in [2.45, 2.75) is 41.5 Å². The number of fused-ring (bicyclic) bond motifs is 1. The van der Waals surface area contributed by atoms with Crippen molar-refractivity contribution in [3.05, 3.63) is 45.9 Å². The lowest BCUT2D eigenvalue weighted by molar-refractivity contribution is 0.188. The summed E-state index contributed by atoms with van der Waals surface area (Å²) in [6, 6.07) is 4.50. The van der Waals surface area contributed by atoms with Crippen molar-refractivity contribution in [1.82, 2.24) is 19.4 Å². The molecule has 6 nitrogen and oxygen atoms in total. The van der Waals surface area contributed by atoms with Crippen molar-refractivity contribution in [2.75, 3.05) is 44.2 Å². The Balaban J connectivity index is 1.88. The topological polar surface area (TPSA) is 57.4 Å². The first-order valence-electron chi connectivity index (χ1n) is 10.8. The van der Waals surface area contributed by atoms with E-state index < -0.39 is 0 Å². The molecule has 1 aliphatic rings. The Morgan fingerprint density at radius 1 is 0.900 bits per heavy atom. The molecule has 0 amide bonds. The summed E-state index contributed by atoms with van der Waals surface area (Å²) >= 11 is 0. The van der Waals surface area contributed by atoms with Crippen molar-refractivity contribution in [3.63, 3.8) is 0 Å². The molecule has 0 spiro atoms. The van der Waals surface area contributed by atoms with Crippen LogP contribution in [0, 0.1) is 41.5 Å². The fourth-order valence-corrected chi connectivity index (χ4v) is 4.90. The van der Waals surface area contributed by atoms with E-state index in [0.29, 0.717) is 0 Å². The fraction of sp³-hybridized carbons (Fsp3) is 0.500. The van der Waals surface area contributed by atoms with E-state index in [-0.39, 0.29) is 6.61 Å². The number of rotatable bonds is 4. The smallest absolute Gasteiger partial charge is 0.150 e. The van der Waals surface area contributed by atoms with Gasteiger partial charge in [0.1, 0.15) is 11.6 Å². The van der Waals surface area contributed by atoms with Crippen LogP contribution in [0.1, 0.15) is 33.8 Å². The van der Waals surface area contributed by atoms with Gasteiger partial charge in [-0.2, -0.15) is 0 Å². The molecule has 0 radical (unpaired) electrons. The number of aliphatic hydroxyl groups excluding tert-OH is 1. The van der Waals surface area contributed by atoms with E-state index in [2.05, 4.69) is 61.1 Å². The molecule has 0 bridgehead atoms. The van der Waals surface area contributed by atoms with E-state index in [1.165, 1.54) is 33.6 Å². The van der Waals surface area contributed by atoms with Gasteiger partial charge in [-0.05, 0) is 58.2 Å². The van der Waals surface area contributed by atoms with Gasteiger partial charge in [-0.3, -0.25) is 9.47 Å². The molecule has 1 N–H and O–H groups in total. The van der Waals surface area contributed by atoms with Crippen LogP contribution in [-0.4, -0.2) is 63.9 Å². The van der Waals surface area contributed by atoms with Crippen LogP contribution in [0.15, 0.2) is 12.1 Å². The zero-order valence-electron chi connectivity index (χ0n) is 19.1. The first-order valence-corrected chi connectivity index (χ1v) is 10.8. The molecule has 1 saturated heterocycles. The molecule has 0 unspecified atom stereocenters. The predicted molar refractivity (Wildman–Crippen MR) is 123 cm³/mol. The van der Waals surface area contributed by atoms with Crippen molar-refractivity contribution in [2.24, 2.45) is 0 Å². The van der Waals surface area contributed by atoms with Crippen molar-refractivity contribution in [3.8, 4) is 5.69 Å². The molecule has 160 valence electrons. The van der Waals surface area contributed by atoms with Gasteiger partial charge in [0.05, 0.1) is 17.7 Å². The number of aromatic nitrogens is 3. The van der Waals surface area contributed by atoms with Gasteiger partial charge in [0.2, 0.25) is 0 Å². The maximum absolute atomic E-state index is 9.24. The Morgan fingerprint density at radius 2 is 1.53 bits per heavy atom. The fourth-order valence-electron chi connectivity index (χ4n) is 4.90. The normalized spacial score (nSPS) is 15.4. The maximum atomic E-state index is 9.24. The Hall–Kier alpha value is -2.44. The van der Waals surface area contributed by atoms with E-state index in [1.807, 2.05) is 6.92 Å². The molecule has 3 aromatic rings. The Morgan fingerprint density at radius 3 is 2.13 bits per heavy atom. The van der Waals surface area contributed by atoms with Gasteiger partial charge in [0.15, 0.2) is 5.65 Å². The molecule has 3 heterocycles. The molecule has 1 aliphatic heterocycles. The van der Waals surface area contributed by atoms with Crippen LogP contribution in [-0.2, 0) is 0 Å². The van der Waals surface area contributed by atoms with Crippen molar-refractivity contribution < 1.29 is 5.11 Å². The number of β-amino-alcohol motifs (C(OH)–C–C–N with tert-alkyl or cyclic N) is 1. The minimum absolute atomic E-state index is 0.216. The van der Waals surface area contributed by atoms with Crippen LogP contribution < -0.4 is 4.90 Å². The highest BCUT2D eigenvalue weighted by Gasteiger charge is 2.25. The SMILES string of the molecule is Cc1cc(C)c(-n2c(C)c(C)c3c(N4CCN(CCO)CC4)nc(C)nc32)c(C)c1. The van der Waals surface area contributed by atoms with Gasteiger partial charge < -0.3 is 10.0 Å². The third kappa shape index (κ3) is 3.48. The standard InChI is InChI=1S/C24H33N5O/c1-15-13-16(2)22(17(3)14-15)29-19(5)18(4)21-23(25-20(6)26-24(21)29)28-9-7-27(8-10-28)11-12-30/h13-14,30H,7-12H2,1-6H3. The third-order valence-corrected chi connectivity index (χ3v) is 6.39. The van der Waals surface area contributed by atoms with Gasteiger partial charge in [-0.15, -0.1) is 0 Å². The average Bonchev–Trinajstić information content (AvgIpc) is 2.92. The molecule has 0 saturated carbocycles. The van der Waals surface area contributed by atoms with Crippen LogP contribution >= 0.6 is 0 Å². The molecule has 1 fully saturated rings. The number of hydrogen-bond donors (Lipinski definition) is 1. The second-order valence-electron chi connectivity index (χ2n) is 8.64. The largest absolute Gasteiger partial charge is 0.395 e. The Labute approximate surface area is 179 Å². The van der Waals surface area contributed by atoms with Gasteiger partial charge in [0.25, 0.3) is 0 Å². The minimum Gasteiger partial charge on any atom is -0.395 e. The zero-order chi connectivity index (χ0) is 21.6. The average molecular weight is 408 g/mol. The van der Waals surface area contributed by atoms with Crippen LogP contribution in [0.5, 0.6) is 0 Å². The van der Waals surface area contributed by atoms with E-state index in [0.717, 1.165) is 55.4 Å². The highest BCUT2D eigenvalue weighted by molar-refractivity contribution is 5.94. The van der Waals surface area contributed by atoms with Gasteiger partial charge in [-0.25, -0.2) is 9.97 Å². The summed E-state index contributed by atoms with van der Waals surface area (Å²) in [5.41, 5.74) is 8.52. The van der Waals surface area contributed by atoms with E-state index in [1.54, 1.807) is 0 Å². The third-order valence-electron chi connectivity index (χ3n) is 6.39. The molecule has 2 aromatic heterocycles. The van der Waals surface area contributed by atoms with Gasteiger partial charge in [0, 0.05) is 38.4 Å². The maximum Gasteiger partial charge on any atom is 0.150 e. The number of hydrogen-bond acceptors (Lipinski definition) is 5. The molecule has 1 aromatic carbocycles. The molecule has 0 atom stereocenters. The zero-order valence-corrected chi connectivity index (χ0v) is 19.1. The Bertz CT molecular complexity index is 1070. The van der Waals surface area contributed by atoms with Crippen molar-refractivity contribution >= 4 is 16.9 Å². The summed E-state index contributed by atoms with van der Waals surface area (Å²) in [4.78, 5) is 14.5. The second kappa shape index (κ2) is 8.00. The quantitative estimate of drug-likeness (QED) is 0.718. The molecule has 4 rings (SSSR count). The van der Waals surface area contributed by atoms with Crippen LogP contribution in [0.2, 0.25) is 0 Å².